The van der Waals surface area contributed by atoms with Crippen LogP contribution >= 0.6 is 0 Å². The zero-order chi connectivity index (χ0) is 7.47. The van der Waals surface area contributed by atoms with Gasteiger partial charge < -0.3 is 14.6 Å². The van der Waals surface area contributed by atoms with Gasteiger partial charge in [0.25, 0.3) is 0 Å². The number of ether oxygens (including phenoxy) is 2. The standard InChI is InChI=1S/C8H12O3/c9-5-3-10-7-6(5)11-4-8(7)1-2-8/h5-7,9H,1-4H2/t5-,6+,7-/m0/s1. The fourth-order valence-electron chi connectivity index (χ4n) is 2.25. The van der Waals surface area contributed by atoms with Gasteiger partial charge >= 0.3 is 0 Å². The molecule has 2 aliphatic heterocycles. The van der Waals surface area contributed by atoms with Gasteiger partial charge in [0.05, 0.1) is 19.3 Å². The Morgan fingerprint density at radius 1 is 1.27 bits per heavy atom. The molecule has 0 aromatic rings. The molecule has 3 fully saturated rings. The van der Waals surface area contributed by atoms with Crippen LogP contribution in [0.2, 0.25) is 0 Å². The highest BCUT2D eigenvalue weighted by atomic mass is 16.6. The number of rotatable bonds is 0. The van der Waals surface area contributed by atoms with Gasteiger partial charge in [0, 0.05) is 5.41 Å². The molecule has 0 amide bonds. The Labute approximate surface area is 65.3 Å². The average molecular weight is 156 g/mol. The van der Waals surface area contributed by atoms with E-state index in [0.717, 1.165) is 6.61 Å². The third-order valence-corrected chi connectivity index (χ3v) is 3.18. The molecule has 62 valence electrons. The summed E-state index contributed by atoms with van der Waals surface area (Å²) in [6.07, 6.45) is 2.26. The molecule has 11 heavy (non-hydrogen) atoms. The van der Waals surface area contributed by atoms with Gasteiger partial charge in [0.15, 0.2) is 0 Å². The van der Waals surface area contributed by atoms with Gasteiger partial charge in [-0.1, -0.05) is 0 Å². The summed E-state index contributed by atoms with van der Waals surface area (Å²) in [7, 11) is 0. The molecule has 0 aromatic carbocycles. The SMILES string of the molecule is O[C@H]1CO[C@H]2[C@@H]1OCC21CC1. The Morgan fingerprint density at radius 2 is 2.09 bits per heavy atom. The van der Waals surface area contributed by atoms with Crippen LogP contribution in [0.15, 0.2) is 0 Å². The molecular formula is C8H12O3. The van der Waals surface area contributed by atoms with Crippen molar-refractivity contribution in [3.8, 4) is 0 Å². The van der Waals surface area contributed by atoms with Gasteiger partial charge in [-0.05, 0) is 12.8 Å². The Morgan fingerprint density at radius 3 is 2.82 bits per heavy atom. The van der Waals surface area contributed by atoms with Crippen molar-refractivity contribution >= 4 is 0 Å². The maximum Gasteiger partial charge on any atom is 0.112 e. The molecule has 0 bridgehead atoms. The predicted molar refractivity (Wildman–Crippen MR) is 37.2 cm³/mol. The Balaban J connectivity index is 1.88. The topological polar surface area (TPSA) is 38.7 Å². The summed E-state index contributed by atoms with van der Waals surface area (Å²) in [5, 5.41) is 9.41. The summed E-state index contributed by atoms with van der Waals surface area (Å²) >= 11 is 0. The van der Waals surface area contributed by atoms with Crippen molar-refractivity contribution in [2.24, 2.45) is 5.41 Å². The maximum absolute atomic E-state index is 9.41. The summed E-state index contributed by atoms with van der Waals surface area (Å²) in [4.78, 5) is 0. The van der Waals surface area contributed by atoms with E-state index >= 15 is 0 Å². The first-order valence-corrected chi connectivity index (χ1v) is 4.23. The molecule has 2 saturated heterocycles. The van der Waals surface area contributed by atoms with E-state index in [-0.39, 0.29) is 18.3 Å². The molecule has 1 saturated carbocycles. The van der Waals surface area contributed by atoms with Crippen molar-refractivity contribution in [2.75, 3.05) is 13.2 Å². The highest BCUT2D eigenvalue weighted by molar-refractivity contribution is 5.10. The molecule has 0 aromatic heterocycles. The van der Waals surface area contributed by atoms with Gasteiger partial charge in [0.2, 0.25) is 0 Å². The zero-order valence-electron chi connectivity index (χ0n) is 6.32. The summed E-state index contributed by atoms with van der Waals surface area (Å²) in [5.41, 5.74) is 0.322. The first-order valence-electron chi connectivity index (χ1n) is 4.23. The molecule has 0 radical (unpaired) electrons. The number of aliphatic hydroxyl groups excluding tert-OH is 1. The first kappa shape index (κ1) is 6.40. The van der Waals surface area contributed by atoms with Crippen LogP contribution in [0.4, 0.5) is 0 Å². The van der Waals surface area contributed by atoms with Crippen molar-refractivity contribution in [1.29, 1.82) is 0 Å². The maximum atomic E-state index is 9.41. The Kier molecular flexibility index (Phi) is 1.04. The van der Waals surface area contributed by atoms with Crippen molar-refractivity contribution in [1.82, 2.24) is 0 Å². The van der Waals surface area contributed by atoms with E-state index in [4.69, 9.17) is 9.47 Å². The predicted octanol–water partition coefficient (Wildman–Crippen LogP) is -0.0749. The largest absolute Gasteiger partial charge is 0.388 e. The third kappa shape index (κ3) is 0.687. The smallest absolute Gasteiger partial charge is 0.112 e. The van der Waals surface area contributed by atoms with Crippen LogP contribution in [0.1, 0.15) is 12.8 Å². The second kappa shape index (κ2) is 1.79. The van der Waals surface area contributed by atoms with Crippen molar-refractivity contribution in [3.63, 3.8) is 0 Å². The highest BCUT2D eigenvalue weighted by Gasteiger charge is 2.62. The Hall–Kier alpha value is -0.120. The minimum absolute atomic E-state index is 0.0162. The number of fused-ring (bicyclic) bond motifs is 2. The first-order chi connectivity index (χ1) is 5.32. The van der Waals surface area contributed by atoms with E-state index in [1.54, 1.807) is 0 Å². The van der Waals surface area contributed by atoms with Gasteiger partial charge in [0.1, 0.15) is 12.2 Å². The Bertz CT molecular complexity index is 188. The number of aliphatic hydroxyl groups is 1. The highest BCUT2D eigenvalue weighted by Crippen LogP contribution is 2.57. The lowest BCUT2D eigenvalue weighted by Crippen LogP contribution is -2.29. The lowest BCUT2D eigenvalue weighted by Gasteiger charge is -2.12. The summed E-state index contributed by atoms with van der Waals surface area (Å²) in [6.45, 7) is 1.27. The monoisotopic (exact) mass is 156 g/mol. The van der Waals surface area contributed by atoms with E-state index in [2.05, 4.69) is 0 Å². The van der Waals surface area contributed by atoms with Crippen molar-refractivity contribution in [3.05, 3.63) is 0 Å². The van der Waals surface area contributed by atoms with Gasteiger partial charge in [-0.2, -0.15) is 0 Å². The molecule has 3 nitrogen and oxygen atoms in total. The second-order valence-corrected chi connectivity index (χ2v) is 3.96. The summed E-state index contributed by atoms with van der Waals surface area (Å²) in [6, 6.07) is 0. The van der Waals surface area contributed by atoms with E-state index in [9.17, 15) is 5.11 Å². The van der Waals surface area contributed by atoms with Crippen LogP contribution in [0, 0.1) is 5.41 Å². The third-order valence-electron chi connectivity index (χ3n) is 3.18. The van der Waals surface area contributed by atoms with Gasteiger partial charge in [-0.15, -0.1) is 0 Å². The van der Waals surface area contributed by atoms with Crippen molar-refractivity contribution in [2.45, 2.75) is 31.2 Å². The second-order valence-electron chi connectivity index (χ2n) is 3.96. The molecule has 1 N–H and O–H groups in total. The molecule has 1 aliphatic carbocycles. The molecule has 0 unspecified atom stereocenters. The lowest BCUT2D eigenvalue weighted by molar-refractivity contribution is 0.0159. The number of hydrogen-bond donors (Lipinski definition) is 1. The van der Waals surface area contributed by atoms with E-state index in [1.165, 1.54) is 12.8 Å². The van der Waals surface area contributed by atoms with Crippen molar-refractivity contribution < 1.29 is 14.6 Å². The van der Waals surface area contributed by atoms with E-state index in [1.807, 2.05) is 0 Å². The molecule has 3 heteroatoms. The molecule has 3 rings (SSSR count). The van der Waals surface area contributed by atoms with Crippen LogP contribution < -0.4 is 0 Å². The van der Waals surface area contributed by atoms with E-state index < -0.39 is 0 Å². The zero-order valence-corrected chi connectivity index (χ0v) is 6.32. The van der Waals surface area contributed by atoms with Crippen LogP contribution in [-0.4, -0.2) is 36.6 Å². The van der Waals surface area contributed by atoms with Crippen LogP contribution in [0.25, 0.3) is 0 Å². The number of hydrogen-bond acceptors (Lipinski definition) is 3. The average Bonchev–Trinajstić information content (AvgIpc) is 2.53. The molecule has 3 atom stereocenters. The van der Waals surface area contributed by atoms with Gasteiger partial charge in [-0.25, -0.2) is 0 Å². The summed E-state index contributed by atoms with van der Waals surface area (Å²) < 4.78 is 11.0. The van der Waals surface area contributed by atoms with Crippen LogP contribution in [0.3, 0.4) is 0 Å². The minimum Gasteiger partial charge on any atom is -0.388 e. The quantitative estimate of drug-likeness (QED) is 0.533. The lowest BCUT2D eigenvalue weighted by atomic mass is 9.99. The molecular weight excluding hydrogens is 144 g/mol. The molecule has 2 heterocycles. The fraction of sp³-hybridized carbons (Fsp3) is 1.00. The molecule has 1 spiro atoms. The fourth-order valence-corrected chi connectivity index (χ4v) is 2.25. The van der Waals surface area contributed by atoms with Crippen LogP contribution in [-0.2, 0) is 9.47 Å². The van der Waals surface area contributed by atoms with E-state index in [0.29, 0.717) is 12.0 Å². The molecule has 3 aliphatic rings. The normalized spacial score (nSPS) is 51.5. The van der Waals surface area contributed by atoms with Crippen LogP contribution in [0.5, 0.6) is 0 Å². The summed E-state index contributed by atoms with van der Waals surface area (Å²) in [5.74, 6) is 0. The minimum atomic E-state index is -0.375. The van der Waals surface area contributed by atoms with Gasteiger partial charge in [-0.3, -0.25) is 0 Å².